The van der Waals surface area contributed by atoms with Crippen LogP contribution in [0.25, 0.3) is 0 Å². The molecule has 1 heterocycles. The molecule has 0 radical (unpaired) electrons. The Balaban J connectivity index is 1.72. The number of nitrogens with zero attached hydrogens (tertiary/aromatic N) is 2. The SMILES string of the molecule is CCOCCCn1ccnc1NCC(C)C1CC1. The maximum Gasteiger partial charge on any atom is 0.202 e. The number of aryl methyl sites for hydroxylation is 1. The van der Waals surface area contributed by atoms with E-state index >= 15 is 0 Å². The van der Waals surface area contributed by atoms with E-state index in [1.54, 1.807) is 0 Å². The van der Waals surface area contributed by atoms with Gasteiger partial charge in [-0.05, 0) is 38.0 Å². The molecule has 0 aliphatic heterocycles. The highest BCUT2D eigenvalue weighted by atomic mass is 16.5. The van der Waals surface area contributed by atoms with Crippen LogP contribution in [0.4, 0.5) is 5.95 Å². The Kier molecular flexibility index (Phi) is 5.05. The Bertz CT molecular complexity index is 347. The van der Waals surface area contributed by atoms with Crippen LogP contribution in [0.5, 0.6) is 0 Å². The number of hydrogen-bond donors (Lipinski definition) is 1. The molecule has 1 aromatic heterocycles. The molecule has 1 aromatic rings. The fourth-order valence-electron chi connectivity index (χ4n) is 2.22. The predicted molar refractivity (Wildman–Crippen MR) is 73.7 cm³/mol. The fourth-order valence-corrected chi connectivity index (χ4v) is 2.22. The second-order valence-corrected chi connectivity index (χ2v) is 5.19. The summed E-state index contributed by atoms with van der Waals surface area (Å²) in [6.45, 7) is 7.99. The average molecular weight is 251 g/mol. The lowest BCUT2D eigenvalue weighted by molar-refractivity contribution is 0.142. The highest BCUT2D eigenvalue weighted by Gasteiger charge is 2.27. The minimum atomic E-state index is 0.763. The van der Waals surface area contributed by atoms with Crippen LogP contribution in [0, 0.1) is 11.8 Å². The standard InChI is InChI=1S/C14H25N3O/c1-3-18-10-4-8-17-9-7-15-14(17)16-11-12(2)13-5-6-13/h7,9,12-13H,3-6,8,10-11H2,1-2H3,(H,15,16). The van der Waals surface area contributed by atoms with Crippen LogP contribution in [0.3, 0.4) is 0 Å². The van der Waals surface area contributed by atoms with E-state index in [0.29, 0.717) is 0 Å². The van der Waals surface area contributed by atoms with E-state index in [9.17, 15) is 0 Å². The topological polar surface area (TPSA) is 39.1 Å². The molecule has 1 aliphatic carbocycles. The van der Waals surface area contributed by atoms with E-state index < -0.39 is 0 Å². The summed E-state index contributed by atoms with van der Waals surface area (Å²) >= 11 is 0. The normalized spacial score (nSPS) is 16.8. The van der Waals surface area contributed by atoms with Crippen molar-refractivity contribution < 1.29 is 4.74 Å². The third kappa shape index (κ3) is 4.02. The number of hydrogen-bond acceptors (Lipinski definition) is 3. The van der Waals surface area contributed by atoms with Gasteiger partial charge in [0.25, 0.3) is 0 Å². The zero-order valence-electron chi connectivity index (χ0n) is 11.6. The van der Waals surface area contributed by atoms with E-state index in [1.807, 2.05) is 19.3 Å². The summed E-state index contributed by atoms with van der Waals surface area (Å²) in [5.41, 5.74) is 0. The Morgan fingerprint density at radius 2 is 2.39 bits per heavy atom. The molecule has 1 fully saturated rings. The zero-order chi connectivity index (χ0) is 12.8. The molecule has 1 aliphatic rings. The van der Waals surface area contributed by atoms with Gasteiger partial charge in [-0.25, -0.2) is 4.98 Å². The summed E-state index contributed by atoms with van der Waals surface area (Å²) < 4.78 is 7.53. The second kappa shape index (κ2) is 6.78. The molecule has 18 heavy (non-hydrogen) atoms. The highest BCUT2D eigenvalue weighted by Crippen LogP contribution is 2.36. The number of aromatic nitrogens is 2. The number of anilines is 1. The molecule has 0 spiro atoms. The monoisotopic (exact) mass is 251 g/mol. The molecule has 1 N–H and O–H groups in total. The van der Waals surface area contributed by atoms with Crippen molar-refractivity contribution in [1.82, 2.24) is 9.55 Å². The molecule has 0 amide bonds. The van der Waals surface area contributed by atoms with Crippen LogP contribution in [-0.4, -0.2) is 29.3 Å². The van der Waals surface area contributed by atoms with Crippen LogP contribution in [0.15, 0.2) is 12.4 Å². The van der Waals surface area contributed by atoms with Crippen LogP contribution in [0.2, 0.25) is 0 Å². The van der Waals surface area contributed by atoms with Gasteiger partial charge in [-0.1, -0.05) is 6.92 Å². The molecule has 1 atom stereocenters. The van der Waals surface area contributed by atoms with Crippen LogP contribution in [0.1, 0.15) is 33.1 Å². The summed E-state index contributed by atoms with van der Waals surface area (Å²) in [4.78, 5) is 4.38. The van der Waals surface area contributed by atoms with Gasteiger partial charge in [0, 0.05) is 38.7 Å². The molecule has 2 rings (SSSR count). The molecule has 0 aromatic carbocycles. The lowest BCUT2D eigenvalue weighted by atomic mass is 10.1. The lowest BCUT2D eigenvalue weighted by Gasteiger charge is -2.13. The van der Waals surface area contributed by atoms with Gasteiger partial charge in [0.1, 0.15) is 0 Å². The van der Waals surface area contributed by atoms with E-state index in [1.165, 1.54) is 12.8 Å². The first-order chi connectivity index (χ1) is 8.81. The predicted octanol–water partition coefficient (Wildman–Crippen LogP) is 2.77. The Morgan fingerprint density at radius 1 is 1.56 bits per heavy atom. The molecule has 0 bridgehead atoms. The van der Waals surface area contributed by atoms with Crippen LogP contribution in [-0.2, 0) is 11.3 Å². The van der Waals surface area contributed by atoms with Gasteiger partial charge in [-0.3, -0.25) is 0 Å². The molecule has 1 unspecified atom stereocenters. The molecule has 1 saturated carbocycles. The Morgan fingerprint density at radius 3 is 3.11 bits per heavy atom. The summed E-state index contributed by atoms with van der Waals surface area (Å²) in [7, 11) is 0. The van der Waals surface area contributed by atoms with Crippen molar-refractivity contribution in [3.63, 3.8) is 0 Å². The van der Waals surface area contributed by atoms with E-state index in [0.717, 1.165) is 50.5 Å². The van der Waals surface area contributed by atoms with Gasteiger partial charge < -0.3 is 14.6 Å². The fraction of sp³-hybridized carbons (Fsp3) is 0.786. The quantitative estimate of drug-likeness (QED) is 0.686. The largest absolute Gasteiger partial charge is 0.382 e. The first-order valence-corrected chi connectivity index (χ1v) is 7.14. The van der Waals surface area contributed by atoms with Crippen molar-refractivity contribution in [3.05, 3.63) is 12.4 Å². The Hall–Kier alpha value is -1.03. The minimum Gasteiger partial charge on any atom is -0.382 e. The second-order valence-electron chi connectivity index (χ2n) is 5.19. The Labute approximate surface area is 110 Å². The third-order valence-electron chi connectivity index (χ3n) is 3.62. The molecular formula is C14H25N3O. The molecule has 4 heteroatoms. The molecule has 0 saturated heterocycles. The first-order valence-electron chi connectivity index (χ1n) is 7.14. The maximum absolute atomic E-state index is 5.36. The van der Waals surface area contributed by atoms with Gasteiger partial charge in [0.2, 0.25) is 5.95 Å². The van der Waals surface area contributed by atoms with Crippen molar-refractivity contribution in [1.29, 1.82) is 0 Å². The number of rotatable bonds is 9. The zero-order valence-corrected chi connectivity index (χ0v) is 11.6. The number of nitrogens with one attached hydrogen (secondary N) is 1. The van der Waals surface area contributed by atoms with Crippen molar-refractivity contribution in [2.24, 2.45) is 11.8 Å². The summed E-state index contributed by atoms with van der Waals surface area (Å²) in [5.74, 6) is 2.71. The van der Waals surface area contributed by atoms with Crippen LogP contribution >= 0.6 is 0 Å². The summed E-state index contributed by atoms with van der Waals surface area (Å²) in [6.07, 6.45) is 7.76. The molecule has 4 nitrogen and oxygen atoms in total. The average Bonchev–Trinajstić information content (AvgIpc) is 3.13. The molecule has 102 valence electrons. The summed E-state index contributed by atoms with van der Waals surface area (Å²) in [5, 5.41) is 3.47. The summed E-state index contributed by atoms with van der Waals surface area (Å²) in [6, 6.07) is 0. The maximum atomic E-state index is 5.36. The van der Waals surface area contributed by atoms with E-state index in [-0.39, 0.29) is 0 Å². The van der Waals surface area contributed by atoms with Crippen molar-refractivity contribution in [2.75, 3.05) is 25.1 Å². The van der Waals surface area contributed by atoms with Gasteiger partial charge in [0.05, 0.1) is 0 Å². The highest BCUT2D eigenvalue weighted by molar-refractivity contribution is 5.25. The molecular weight excluding hydrogens is 226 g/mol. The van der Waals surface area contributed by atoms with Crippen molar-refractivity contribution >= 4 is 5.95 Å². The number of imidazole rings is 1. The minimum absolute atomic E-state index is 0.763. The van der Waals surface area contributed by atoms with Gasteiger partial charge >= 0.3 is 0 Å². The van der Waals surface area contributed by atoms with Gasteiger partial charge in [-0.15, -0.1) is 0 Å². The van der Waals surface area contributed by atoms with Crippen molar-refractivity contribution in [2.45, 2.75) is 39.7 Å². The van der Waals surface area contributed by atoms with Crippen LogP contribution < -0.4 is 5.32 Å². The third-order valence-corrected chi connectivity index (χ3v) is 3.62. The number of ether oxygens (including phenoxy) is 1. The van der Waals surface area contributed by atoms with Gasteiger partial charge in [-0.2, -0.15) is 0 Å². The van der Waals surface area contributed by atoms with E-state index in [2.05, 4.69) is 21.8 Å². The van der Waals surface area contributed by atoms with E-state index in [4.69, 9.17) is 4.74 Å². The van der Waals surface area contributed by atoms with Gasteiger partial charge in [0.15, 0.2) is 0 Å². The van der Waals surface area contributed by atoms with Crippen molar-refractivity contribution in [3.8, 4) is 0 Å². The lowest BCUT2D eigenvalue weighted by Crippen LogP contribution is -2.16. The first kappa shape index (κ1) is 13.4. The smallest absolute Gasteiger partial charge is 0.202 e.